The molecule has 2 aromatic rings. The number of nitrogens with zero attached hydrogens (tertiary/aromatic N) is 3. The molecule has 154 valence electrons. The van der Waals surface area contributed by atoms with Gasteiger partial charge < -0.3 is 15.5 Å². The van der Waals surface area contributed by atoms with Crippen LogP contribution in [-0.2, 0) is 0 Å². The Balaban J connectivity index is 2.00. The fourth-order valence-electron chi connectivity index (χ4n) is 2.94. The van der Waals surface area contributed by atoms with E-state index < -0.39 is 0 Å². The van der Waals surface area contributed by atoms with Gasteiger partial charge in [0.25, 0.3) is 0 Å². The molecule has 1 heterocycles. The maximum absolute atomic E-state index is 6.10. The Morgan fingerprint density at radius 1 is 1.04 bits per heavy atom. The van der Waals surface area contributed by atoms with E-state index in [0.29, 0.717) is 32.7 Å². The van der Waals surface area contributed by atoms with Gasteiger partial charge in [0.2, 0.25) is 5.95 Å². The van der Waals surface area contributed by atoms with Crippen LogP contribution in [-0.4, -0.2) is 40.5 Å². The molecule has 28 heavy (non-hydrogen) atoms. The van der Waals surface area contributed by atoms with Gasteiger partial charge in [0, 0.05) is 23.5 Å². The lowest BCUT2D eigenvalue weighted by molar-refractivity contribution is 0.295. The Hall–Kier alpha value is -1.27. The first-order chi connectivity index (χ1) is 13.3. The molecule has 0 spiro atoms. The molecule has 0 amide bonds. The summed E-state index contributed by atoms with van der Waals surface area (Å²) in [6.07, 6.45) is 2.22. The number of rotatable bonds is 10. The summed E-state index contributed by atoms with van der Waals surface area (Å²) in [6.45, 7) is 11.8. The first kappa shape index (κ1) is 23.0. The topological polar surface area (TPSA) is 53.1 Å². The predicted octanol–water partition coefficient (Wildman–Crippen LogP) is 6.41. The van der Waals surface area contributed by atoms with Crippen molar-refractivity contribution in [2.45, 2.75) is 46.6 Å². The van der Waals surface area contributed by atoms with Crippen LogP contribution in [0.15, 0.2) is 18.2 Å². The monoisotopic (exact) mass is 443 g/mol. The van der Waals surface area contributed by atoms with E-state index in [9.17, 15) is 0 Å². The Labute approximate surface area is 182 Å². The molecule has 1 atom stereocenters. The van der Waals surface area contributed by atoms with Crippen LogP contribution in [0.3, 0.4) is 0 Å². The molecule has 5 nitrogen and oxygen atoms in total. The van der Waals surface area contributed by atoms with Gasteiger partial charge in [0.1, 0.15) is 5.82 Å². The maximum Gasteiger partial charge on any atom is 0.229 e. The molecule has 0 saturated heterocycles. The zero-order valence-corrected chi connectivity index (χ0v) is 19.1. The summed E-state index contributed by atoms with van der Waals surface area (Å²) >= 11 is 18.2. The number of hydrogen-bond donors (Lipinski definition) is 2. The van der Waals surface area contributed by atoms with Gasteiger partial charge in [0.15, 0.2) is 0 Å². The van der Waals surface area contributed by atoms with Crippen LogP contribution < -0.4 is 10.6 Å². The van der Waals surface area contributed by atoms with Gasteiger partial charge in [-0.05, 0) is 58.5 Å². The SMILES string of the molecule is CCN(CC)CCCC(C)Nc1cc(C)nc(Nc2cc(Cl)c(Cl)c(Cl)c2)n1. The quantitative estimate of drug-likeness (QED) is 0.415. The molecule has 8 heteroatoms. The van der Waals surface area contributed by atoms with Crippen molar-refractivity contribution >= 4 is 52.3 Å². The van der Waals surface area contributed by atoms with Crippen molar-refractivity contribution in [3.63, 3.8) is 0 Å². The highest BCUT2D eigenvalue weighted by atomic mass is 35.5. The smallest absolute Gasteiger partial charge is 0.229 e. The number of aryl methyl sites for hydroxylation is 1. The summed E-state index contributed by atoms with van der Waals surface area (Å²) in [7, 11) is 0. The van der Waals surface area contributed by atoms with Crippen molar-refractivity contribution in [1.82, 2.24) is 14.9 Å². The summed E-state index contributed by atoms with van der Waals surface area (Å²) in [6, 6.07) is 5.65. The van der Waals surface area contributed by atoms with Crippen LogP contribution in [0.25, 0.3) is 0 Å². The maximum atomic E-state index is 6.10. The molecule has 1 aromatic carbocycles. The van der Waals surface area contributed by atoms with Crippen LogP contribution in [0, 0.1) is 6.92 Å². The zero-order chi connectivity index (χ0) is 20.7. The Morgan fingerprint density at radius 2 is 1.68 bits per heavy atom. The van der Waals surface area contributed by atoms with E-state index in [1.54, 1.807) is 12.1 Å². The van der Waals surface area contributed by atoms with E-state index in [1.165, 1.54) is 0 Å². The van der Waals surface area contributed by atoms with E-state index in [1.807, 2.05) is 13.0 Å². The van der Waals surface area contributed by atoms with Gasteiger partial charge in [-0.15, -0.1) is 0 Å². The fraction of sp³-hybridized carbons (Fsp3) is 0.500. The van der Waals surface area contributed by atoms with E-state index in [0.717, 1.165) is 44.0 Å². The van der Waals surface area contributed by atoms with Crippen molar-refractivity contribution in [2.24, 2.45) is 0 Å². The lowest BCUT2D eigenvalue weighted by Gasteiger charge is -2.20. The minimum Gasteiger partial charge on any atom is -0.367 e. The second-order valence-electron chi connectivity index (χ2n) is 6.81. The molecular formula is C20H28Cl3N5. The van der Waals surface area contributed by atoms with Gasteiger partial charge >= 0.3 is 0 Å². The van der Waals surface area contributed by atoms with Crippen molar-refractivity contribution < 1.29 is 0 Å². The second-order valence-corrected chi connectivity index (χ2v) is 8.00. The molecular weight excluding hydrogens is 417 g/mol. The van der Waals surface area contributed by atoms with E-state index in [2.05, 4.69) is 46.3 Å². The van der Waals surface area contributed by atoms with Crippen molar-refractivity contribution in [3.8, 4) is 0 Å². The minimum atomic E-state index is 0.317. The van der Waals surface area contributed by atoms with E-state index >= 15 is 0 Å². The summed E-state index contributed by atoms with van der Waals surface area (Å²) in [5, 5.41) is 7.70. The molecule has 2 N–H and O–H groups in total. The molecule has 0 bridgehead atoms. The summed E-state index contributed by atoms with van der Waals surface area (Å²) in [5.74, 6) is 1.27. The van der Waals surface area contributed by atoms with Crippen molar-refractivity contribution in [2.75, 3.05) is 30.3 Å². The van der Waals surface area contributed by atoms with Gasteiger partial charge in [-0.1, -0.05) is 48.7 Å². The third-order valence-electron chi connectivity index (χ3n) is 4.49. The summed E-state index contributed by atoms with van der Waals surface area (Å²) < 4.78 is 0. The number of aromatic nitrogens is 2. The molecule has 0 aliphatic carbocycles. The Bertz CT molecular complexity index is 757. The van der Waals surface area contributed by atoms with E-state index in [4.69, 9.17) is 34.8 Å². The number of anilines is 3. The first-order valence-electron chi connectivity index (χ1n) is 9.58. The number of hydrogen-bond acceptors (Lipinski definition) is 5. The molecule has 1 aromatic heterocycles. The van der Waals surface area contributed by atoms with Crippen LogP contribution >= 0.6 is 34.8 Å². The third-order valence-corrected chi connectivity index (χ3v) is 5.69. The molecule has 1 unspecified atom stereocenters. The first-order valence-corrected chi connectivity index (χ1v) is 10.7. The highest BCUT2D eigenvalue weighted by Gasteiger charge is 2.10. The largest absolute Gasteiger partial charge is 0.367 e. The second kappa shape index (κ2) is 11.1. The lowest BCUT2D eigenvalue weighted by atomic mass is 10.1. The lowest BCUT2D eigenvalue weighted by Crippen LogP contribution is -2.25. The third kappa shape index (κ3) is 6.96. The molecule has 0 aliphatic heterocycles. The van der Waals surface area contributed by atoms with Crippen LogP contribution in [0.1, 0.15) is 39.3 Å². The average molecular weight is 445 g/mol. The van der Waals surface area contributed by atoms with Crippen LogP contribution in [0.4, 0.5) is 17.5 Å². The molecule has 0 radical (unpaired) electrons. The number of benzene rings is 1. The summed E-state index contributed by atoms with van der Waals surface area (Å²) in [4.78, 5) is 11.4. The average Bonchev–Trinajstić information content (AvgIpc) is 2.62. The van der Waals surface area contributed by atoms with Gasteiger partial charge in [-0.2, -0.15) is 4.98 Å². The van der Waals surface area contributed by atoms with E-state index in [-0.39, 0.29) is 0 Å². The normalized spacial score (nSPS) is 12.3. The number of nitrogens with one attached hydrogen (secondary N) is 2. The van der Waals surface area contributed by atoms with Crippen molar-refractivity contribution in [3.05, 3.63) is 39.0 Å². The molecule has 0 aliphatic rings. The molecule has 0 fully saturated rings. The fourth-order valence-corrected chi connectivity index (χ4v) is 3.54. The molecule has 2 rings (SSSR count). The standard InChI is InChI=1S/C20H28Cl3N5/c1-5-28(6-2)9-7-8-13(3)24-18-10-14(4)25-20(27-18)26-15-11-16(21)19(23)17(22)12-15/h10-13H,5-9H2,1-4H3,(H2,24,25,26,27). The minimum absolute atomic E-state index is 0.317. The molecule has 0 saturated carbocycles. The van der Waals surface area contributed by atoms with Crippen LogP contribution in [0.5, 0.6) is 0 Å². The highest BCUT2D eigenvalue weighted by molar-refractivity contribution is 6.48. The van der Waals surface area contributed by atoms with Crippen molar-refractivity contribution in [1.29, 1.82) is 0 Å². The number of halogens is 3. The Morgan fingerprint density at radius 3 is 2.29 bits per heavy atom. The summed E-state index contributed by atoms with van der Waals surface area (Å²) in [5.41, 5.74) is 1.55. The highest BCUT2D eigenvalue weighted by Crippen LogP contribution is 2.33. The van der Waals surface area contributed by atoms with Crippen LogP contribution in [0.2, 0.25) is 15.1 Å². The predicted molar refractivity (Wildman–Crippen MR) is 122 cm³/mol. The zero-order valence-electron chi connectivity index (χ0n) is 16.8. The van der Waals surface area contributed by atoms with Gasteiger partial charge in [-0.25, -0.2) is 4.98 Å². The Kier molecular flexibility index (Phi) is 9.09. The van der Waals surface area contributed by atoms with Gasteiger partial charge in [-0.3, -0.25) is 0 Å². The van der Waals surface area contributed by atoms with Gasteiger partial charge in [0.05, 0.1) is 15.1 Å².